The van der Waals surface area contributed by atoms with Gasteiger partial charge in [0.2, 0.25) is 0 Å². The van der Waals surface area contributed by atoms with Crippen molar-refractivity contribution in [1.82, 2.24) is 9.80 Å². The van der Waals surface area contributed by atoms with Crippen molar-refractivity contribution in [2.24, 2.45) is 0 Å². The summed E-state index contributed by atoms with van der Waals surface area (Å²) >= 11 is 2.68. The van der Waals surface area contributed by atoms with Gasteiger partial charge >= 0.3 is 24.3 Å². The van der Waals surface area contributed by atoms with Crippen LogP contribution in [-0.4, -0.2) is 62.4 Å². The number of benzene rings is 4. The number of rotatable bonds is 14. The van der Waals surface area contributed by atoms with Crippen molar-refractivity contribution < 1.29 is 54.9 Å². The molecule has 0 saturated heterocycles. The van der Waals surface area contributed by atoms with Crippen molar-refractivity contribution >= 4 is 56.2 Å². The Kier molecular flexibility index (Phi) is 13.0. The van der Waals surface area contributed by atoms with Gasteiger partial charge in [0.25, 0.3) is 0 Å². The summed E-state index contributed by atoms with van der Waals surface area (Å²) in [4.78, 5) is 31.3. The number of halogens is 6. The van der Waals surface area contributed by atoms with Crippen LogP contribution in [0.4, 0.5) is 26.3 Å². The summed E-state index contributed by atoms with van der Waals surface area (Å²) in [6, 6.07) is 23.6. The van der Waals surface area contributed by atoms with Gasteiger partial charge in [-0.15, -0.1) is 22.7 Å². The smallest absolute Gasteiger partial charge is 0.419 e. The van der Waals surface area contributed by atoms with E-state index in [-0.39, 0.29) is 45.9 Å². The van der Waals surface area contributed by atoms with Crippen molar-refractivity contribution in [3.05, 3.63) is 129 Å². The number of esters is 2. The first-order chi connectivity index (χ1) is 27.5. The summed E-state index contributed by atoms with van der Waals surface area (Å²) in [5.41, 5.74) is -1.61. The molecule has 8 nitrogen and oxygen atoms in total. The van der Waals surface area contributed by atoms with Gasteiger partial charge in [0.15, 0.2) is 12.5 Å². The third kappa shape index (κ3) is 9.92. The van der Waals surface area contributed by atoms with Crippen LogP contribution in [0.25, 0.3) is 21.5 Å². The Morgan fingerprint density at radius 2 is 0.897 bits per heavy atom. The van der Waals surface area contributed by atoms with E-state index in [4.69, 9.17) is 18.9 Å². The number of ether oxygens (including phenoxy) is 4. The minimum absolute atomic E-state index is 0.0195. The Bertz CT molecular complexity index is 2170. The number of fused-ring (bicyclic) bond motifs is 2. The van der Waals surface area contributed by atoms with Gasteiger partial charge in [0.05, 0.1) is 11.1 Å². The molecule has 0 N–H and O–H groups in total. The molecular weight excluding hydrogens is 807 g/mol. The van der Waals surface area contributed by atoms with E-state index in [1.54, 1.807) is 85.1 Å². The van der Waals surface area contributed by atoms with Gasteiger partial charge < -0.3 is 18.9 Å². The van der Waals surface area contributed by atoms with Crippen LogP contribution in [-0.2, 0) is 31.4 Å². The Hall–Kier alpha value is -5.16. The molecule has 0 bridgehead atoms. The fourth-order valence-corrected chi connectivity index (χ4v) is 7.92. The second-order valence-electron chi connectivity index (χ2n) is 13.7. The van der Waals surface area contributed by atoms with Gasteiger partial charge in [-0.05, 0) is 86.1 Å². The fourth-order valence-electron chi connectivity index (χ4n) is 6.38. The topological polar surface area (TPSA) is 77.5 Å². The van der Waals surface area contributed by atoms with E-state index in [0.29, 0.717) is 9.75 Å². The molecular formula is C42H38F6N2O6S2. The molecule has 0 aliphatic heterocycles. The van der Waals surface area contributed by atoms with Gasteiger partial charge in [-0.25, -0.2) is 9.59 Å². The number of hydrogen-bond acceptors (Lipinski definition) is 10. The Labute approximate surface area is 338 Å². The summed E-state index contributed by atoms with van der Waals surface area (Å²) in [6.45, 7) is 0. The zero-order valence-corrected chi connectivity index (χ0v) is 33.2. The molecule has 306 valence electrons. The summed E-state index contributed by atoms with van der Waals surface area (Å²) in [6.07, 6.45) is -12.9. The average molecular weight is 845 g/mol. The molecule has 4 atom stereocenters. The second kappa shape index (κ2) is 17.8. The Balaban J connectivity index is 1.19. The van der Waals surface area contributed by atoms with E-state index < -0.39 is 60.1 Å². The maximum Gasteiger partial charge on any atom is 0.419 e. The largest absolute Gasteiger partial charge is 0.484 e. The van der Waals surface area contributed by atoms with Gasteiger partial charge in [-0.1, -0.05) is 60.7 Å². The number of hydrogen-bond donors (Lipinski definition) is 0. The summed E-state index contributed by atoms with van der Waals surface area (Å²) < 4.78 is 107. The predicted molar refractivity (Wildman–Crippen MR) is 210 cm³/mol. The van der Waals surface area contributed by atoms with Crippen LogP contribution >= 0.6 is 22.7 Å². The molecule has 0 amide bonds. The normalized spacial score (nSPS) is 14.3. The van der Waals surface area contributed by atoms with Gasteiger partial charge in [0, 0.05) is 33.4 Å². The van der Waals surface area contributed by atoms with Crippen LogP contribution in [0.1, 0.15) is 45.9 Å². The number of carbonyl (C=O) groups excluding carboxylic acids is 2. The summed E-state index contributed by atoms with van der Waals surface area (Å²) in [5.74, 6) is -2.24. The molecule has 4 unspecified atom stereocenters. The molecule has 6 rings (SSSR count). The Morgan fingerprint density at radius 1 is 0.534 bits per heavy atom. The second-order valence-corrected chi connectivity index (χ2v) is 15.6. The van der Waals surface area contributed by atoms with E-state index in [9.17, 15) is 35.9 Å². The molecule has 0 aliphatic rings. The van der Waals surface area contributed by atoms with Gasteiger partial charge in [-0.3, -0.25) is 9.80 Å². The highest BCUT2D eigenvalue weighted by molar-refractivity contribution is 7.10. The van der Waals surface area contributed by atoms with Crippen molar-refractivity contribution in [3.8, 4) is 11.5 Å². The van der Waals surface area contributed by atoms with Crippen LogP contribution in [0.15, 0.2) is 108 Å². The monoisotopic (exact) mass is 844 g/mol. The standard InChI is InChI=1S/C42H38F6N2O6S2/c1-49(2)37(23-33(35-15-9-21-57-35)53-31-19-17-29(41(43,44)45)25-11-5-7-13-27(25)31)55-39(51)40(52)56-38(50(3)4)24-34(36-16-10-22-58-36)54-32-20-18-30(42(46,47)48)26-12-6-8-14-28(26)32/h5-22,33-34,37-38H,23-24H2,1-4H3. The van der Waals surface area contributed by atoms with Crippen LogP contribution in [0.2, 0.25) is 0 Å². The first-order valence-electron chi connectivity index (χ1n) is 17.8. The van der Waals surface area contributed by atoms with E-state index in [1.807, 2.05) is 0 Å². The molecule has 2 heterocycles. The molecule has 4 aromatic carbocycles. The number of thiophene rings is 2. The highest BCUT2D eigenvalue weighted by Crippen LogP contribution is 2.42. The SMILES string of the molecule is CN(C)C(CC(Oc1ccc(C(F)(F)F)c2ccccc12)c1cccs1)OC(=O)C(=O)OC(CC(Oc1ccc(C(F)(F)F)c2ccccc12)c1cccs1)N(C)C. The third-order valence-corrected chi connectivity index (χ3v) is 11.2. The zero-order chi connectivity index (χ0) is 41.8. The van der Waals surface area contributed by atoms with E-state index >= 15 is 0 Å². The molecule has 6 aromatic rings. The highest BCUT2D eigenvalue weighted by atomic mass is 32.1. The maximum absolute atomic E-state index is 13.8. The number of carbonyl (C=O) groups is 2. The van der Waals surface area contributed by atoms with Crippen molar-refractivity contribution in [3.63, 3.8) is 0 Å². The minimum Gasteiger partial charge on any atom is -0.484 e. The molecule has 0 spiro atoms. The molecule has 0 fully saturated rings. The van der Waals surface area contributed by atoms with Gasteiger partial charge in [-0.2, -0.15) is 26.3 Å². The van der Waals surface area contributed by atoms with E-state index in [2.05, 4.69) is 0 Å². The lowest BCUT2D eigenvalue weighted by Gasteiger charge is -2.30. The molecule has 0 saturated carbocycles. The fraction of sp³-hybridized carbons (Fsp3) is 0.286. The van der Waals surface area contributed by atoms with Crippen molar-refractivity contribution in [2.45, 2.75) is 49.9 Å². The molecule has 58 heavy (non-hydrogen) atoms. The summed E-state index contributed by atoms with van der Waals surface area (Å²) in [7, 11) is 6.50. The van der Waals surface area contributed by atoms with Crippen molar-refractivity contribution in [1.29, 1.82) is 0 Å². The van der Waals surface area contributed by atoms with Crippen LogP contribution < -0.4 is 9.47 Å². The van der Waals surface area contributed by atoms with E-state index in [0.717, 1.165) is 12.1 Å². The van der Waals surface area contributed by atoms with Gasteiger partial charge in [0.1, 0.15) is 23.7 Å². The van der Waals surface area contributed by atoms with Crippen molar-refractivity contribution in [2.75, 3.05) is 28.2 Å². The zero-order valence-electron chi connectivity index (χ0n) is 31.5. The Morgan fingerprint density at radius 3 is 1.21 bits per heavy atom. The predicted octanol–water partition coefficient (Wildman–Crippen LogP) is 10.7. The minimum atomic E-state index is -4.59. The first-order valence-corrected chi connectivity index (χ1v) is 19.6. The average Bonchev–Trinajstić information content (AvgIpc) is 3.92. The molecule has 16 heteroatoms. The third-order valence-electron chi connectivity index (χ3n) is 9.27. The first kappa shape index (κ1) is 42.4. The quantitative estimate of drug-likeness (QED) is 0.0464. The lowest BCUT2D eigenvalue weighted by Crippen LogP contribution is -2.41. The van der Waals surface area contributed by atoms with Crippen LogP contribution in [0.5, 0.6) is 11.5 Å². The molecule has 0 radical (unpaired) electrons. The van der Waals surface area contributed by atoms with Crippen LogP contribution in [0.3, 0.4) is 0 Å². The van der Waals surface area contributed by atoms with Crippen LogP contribution in [0, 0.1) is 0 Å². The maximum atomic E-state index is 13.8. The lowest BCUT2D eigenvalue weighted by molar-refractivity contribution is -0.185. The number of alkyl halides is 6. The number of nitrogens with zero attached hydrogens (tertiary/aromatic N) is 2. The molecule has 2 aromatic heterocycles. The highest BCUT2D eigenvalue weighted by Gasteiger charge is 2.36. The summed E-state index contributed by atoms with van der Waals surface area (Å²) in [5, 5.41) is 4.02. The van der Waals surface area contributed by atoms with E-state index in [1.165, 1.54) is 71.2 Å². The lowest BCUT2D eigenvalue weighted by atomic mass is 10.0. The molecule has 0 aliphatic carbocycles.